The molecular weight excluding hydrogens is 272 g/mol. The minimum absolute atomic E-state index is 0.0708. The van der Waals surface area contributed by atoms with Gasteiger partial charge < -0.3 is 14.8 Å². The maximum atomic E-state index is 12.0. The summed E-state index contributed by atoms with van der Waals surface area (Å²) < 4.78 is 10.4. The third-order valence-corrected chi connectivity index (χ3v) is 3.17. The number of urea groups is 1. The predicted octanol–water partition coefficient (Wildman–Crippen LogP) is 2.59. The van der Waals surface area contributed by atoms with Crippen molar-refractivity contribution in [1.82, 2.24) is 4.90 Å². The maximum Gasteiger partial charge on any atom is 0.324 e. The summed E-state index contributed by atoms with van der Waals surface area (Å²) in [6, 6.07) is 5.15. The number of hydrogen-bond acceptors (Lipinski definition) is 4. The molecule has 0 unspecified atom stereocenters. The lowest BCUT2D eigenvalue weighted by atomic mass is 9.97. The summed E-state index contributed by atoms with van der Waals surface area (Å²) in [6.07, 6.45) is 0. The highest BCUT2D eigenvalue weighted by Gasteiger charge is 2.27. The van der Waals surface area contributed by atoms with Crippen molar-refractivity contribution in [3.05, 3.63) is 23.8 Å². The molecule has 0 radical (unpaired) electrons. The molecule has 1 aliphatic heterocycles. The molecule has 0 saturated heterocycles. The standard InChI is InChI=1S/C15H20N2O4/c1-15(2,3)13(18)21-9-17-8-10-7-11(20-4)5-6-12(10)16-14(17)19/h5-7H,8-9H2,1-4H3,(H,16,19). The minimum Gasteiger partial charge on any atom is -0.497 e. The number of ether oxygens (including phenoxy) is 2. The first-order valence-corrected chi connectivity index (χ1v) is 6.71. The van der Waals surface area contributed by atoms with Gasteiger partial charge in [-0.05, 0) is 44.5 Å². The highest BCUT2D eigenvalue weighted by molar-refractivity contribution is 5.92. The van der Waals surface area contributed by atoms with E-state index in [0.29, 0.717) is 6.54 Å². The first kappa shape index (κ1) is 15.2. The Bertz CT molecular complexity index is 563. The van der Waals surface area contributed by atoms with Crippen molar-refractivity contribution >= 4 is 17.7 Å². The number of esters is 1. The van der Waals surface area contributed by atoms with Gasteiger partial charge in [0.05, 0.1) is 19.1 Å². The van der Waals surface area contributed by atoms with Gasteiger partial charge in [0, 0.05) is 5.69 Å². The van der Waals surface area contributed by atoms with Gasteiger partial charge in [-0.15, -0.1) is 0 Å². The van der Waals surface area contributed by atoms with Gasteiger partial charge in [-0.2, -0.15) is 0 Å². The van der Waals surface area contributed by atoms with Crippen LogP contribution in [0.5, 0.6) is 5.75 Å². The van der Waals surface area contributed by atoms with E-state index < -0.39 is 5.41 Å². The van der Waals surface area contributed by atoms with Gasteiger partial charge in [0.2, 0.25) is 0 Å². The Labute approximate surface area is 124 Å². The summed E-state index contributed by atoms with van der Waals surface area (Å²) >= 11 is 0. The molecule has 21 heavy (non-hydrogen) atoms. The quantitative estimate of drug-likeness (QED) is 0.869. The average Bonchev–Trinajstić information content (AvgIpc) is 2.43. The monoisotopic (exact) mass is 292 g/mol. The summed E-state index contributed by atoms with van der Waals surface area (Å²) in [7, 11) is 1.59. The van der Waals surface area contributed by atoms with Crippen LogP contribution in [-0.2, 0) is 16.1 Å². The van der Waals surface area contributed by atoms with Crippen molar-refractivity contribution in [2.75, 3.05) is 19.2 Å². The zero-order valence-corrected chi connectivity index (χ0v) is 12.7. The van der Waals surface area contributed by atoms with E-state index in [2.05, 4.69) is 5.32 Å². The van der Waals surface area contributed by atoms with Crippen LogP contribution in [0.4, 0.5) is 10.5 Å². The molecule has 0 aromatic heterocycles. The molecule has 1 heterocycles. The highest BCUT2D eigenvalue weighted by Crippen LogP contribution is 2.27. The number of hydrogen-bond donors (Lipinski definition) is 1. The molecule has 0 saturated carbocycles. The largest absolute Gasteiger partial charge is 0.497 e. The molecule has 6 heteroatoms. The molecule has 0 bridgehead atoms. The SMILES string of the molecule is COc1ccc2c(c1)CN(COC(=O)C(C)(C)C)C(=O)N2. The van der Waals surface area contributed by atoms with E-state index in [1.165, 1.54) is 4.90 Å². The molecular formula is C15H20N2O4. The highest BCUT2D eigenvalue weighted by atomic mass is 16.5. The van der Waals surface area contributed by atoms with E-state index in [1.807, 2.05) is 6.07 Å². The summed E-state index contributed by atoms with van der Waals surface area (Å²) in [4.78, 5) is 25.2. The number of rotatable bonds is 3. The second kappa shape index (κ2) is 5.63. The molecule has 0 spiro atoms. The number of nitrogens with zero attached hydrogens (tertiary/aromatic N) is 1. The van der Waals surface area contributed by atoms with Crippen molar-refractivity contribution < 1.29 is 19.1 Å². The maximum absolute atomic E-state index is 12.0. The molecule has 0 fully saturated rings. The number of nitrogens with one attached hydrogen (secondary N) is 1. The Balaban J connectivity index is 2.06. The molecule has 1 N–H and O–H groups in total. The zero-order valence-electron chi connectivity index (χ0n) is 12.7. The summed E-state index contributed by atoms with van der Waals surface area (Å²) in [5.41, 5.74) is 1.08. The Kier molecular flexibility index (Phi) is 4.06. The van der Waals surface area contributed by atoms with Crippen molar-refractivity contribution in [3.63, 3.8) is 0 Å². The third kappa shape index (κ3) is 3.45. The first-order valence-electron chi connectivity index (χ1n) is 6.71. The van der Waals surface area contributed by atoms with Gasteiger partial charge in [-0.25, -0.2) is 4.79 Å². The summed E-state index contributed by atoms with van der Waals surface area (Å²) in [6.45, 7) is 5.61. The summed E-state index contributed by atoms with van der Waals surface area (Å²) in [5.74, 6) is 0.378. The average molecular weight is 292 g/mol. The fourth-order valence-corrected chi connectivity index (χ4v) is 1.88. The molecule has 1 aliphatic rings. The van der Waals surface area contributed by atoms with Crippen LogP contribution < -0.4 is 10.1 Å². The molecule has 2 rings (SSSR count). The van der Waals surface area contributed by atoms with Gasteiger partial charge in [0.25, 0.3) is 0 Å². The van der Waals surface area contributed by atoms with E-state index in [4.69, 9.17) is 9.47 Å². The van der Waals surface area contributed by atoms with Gasteiger partial charge in [0.1, 0.15) is 5.75 Å². The minimum atomic E-state index is -0.590. The van der Waals surface area contributed by atoms with Crippen molar-refractivity contribution in [1.29, 1.82) is 0 Å². The van der Waals surface area contributed by atoms with Crippen LogP contribution in [0.25, 0.3) is 0 Å². The van der Waals surface area contributed by atoms with Gasteiger partial charge >= 0.3 is 12.0 Å². The van der Waals surface area contributed by atoms with E-state index in [9.17, 15) is 9.59 Å². The second-order valence-corrected chi connectivity index (χ2v) is 5.96. The molecule has 6 nitrogen and oxygen atoms in total. The van der Waals surface area contributed by atoms with Crippen LogP contribution in [0.2, 0.25) is 0 Å². The van der Waals surface area contributed by atoms with Crippen LogP contribution in [0.15, 0.2) is 18.2 Å². The molecule has 0 atom stereocenters. The lowest BCUT2D eigenvalue weighted by Crippen LogP contribution is -2.41. The molecule has 2 amide bonds. The van der Waals surface area contributed by atoms with Gasteiger partial charge in [-0.1, -0.05) is 0 Å². The van der Waals surface area contributed by atoms with E-state index >= 15 is 0 Å². The molecule has 1 aromatic carbocycles. The molecule has 1 aromatic rings. The van der Waals surface area contributed by atoms with Crippen LogP contribution in [0.3, 0.4) is 0 Å². The normalized spacial score (nSPS) is 14.3. The topological polar surface area (TPSA) is 67.9 Å². The van der Waals surface area contributed by atoms with Crippen molar-refractivity contribution in [2.24, 2.45) is 5.41 Å². The number of benzene rings is 1. The van der Waals surface area contributed by atoms with Gasteiger partial charge in [-0.3, -0.25) is 9.69 Å². The van der Waals surface area contributed by atoms with E-state index in [0.717, 1.165) is 17.0 Å². The van der Waals surface area contributed by atoms with Crippen LogP contribution in [-0.4, -0.2) is 30.7 Å². The van der Waals surface area contributed by atoms with Crippen LogP contribution in [0.1, 0.15) is 26.3 Å². The van der Waals surface area contributed by atoms with E-state index in [-0.39, 0.29) is 18.7 Å². The van der Waals surface area contributed by atoms with E-state index in [1.54, 1.807) is 40.0 Å². The predicted molar refractivity (Wildman–Crippen MR) is 78.0 cm³/mol. The van der Waals surface area contributed by atoms with Crippen LogP contribution >= 0.6 is 0 Å². The Hall–Kier alpha value is -2.24. The van der Waals surface area contributed by atoms with Crippen molar-refractivity contribution in [2.45, 2.75) is 27.3 Å². The number of carbonyl (C=O) groups excluding carboxylic acids is 2. The molecule has 0 aliphatic carbocycles. The molecule has 114 valence electrons. The first-order chi connectivity index (χ1) is 9.81. The Morgan fingerprint density at radius 3 is 2.71 bits per heavy atom. The number of methoxy groups -OCH3 is 1. The fourth-order valence-electron chi connectivity index (χ4n) is 1.88. The van der Waals surface area contributed by atoms with Gasteiger partial charge in [0.15, 0.2) is 6.73 Å². The number of carbonyl (C=O) groups is 2. The lowest BCUT2D eigenvalue weighted by molar-refractivity contribution is -0.156. The fraction of sp³-hybridized carbons (Fsp3) is 0.467. The Morgan fingerprint density at radius 2 is 2.10 bits per heavy atom. The Morgan fingerprint density at radius 1 is 1.38 bits per heavy atom. The lowest BCUT2D eigenvalue weighted by Gasteiger charge is -2.30. The number of fused-ring (bicyclic) bond motifs is 1. The zero-order chi connectivity index (χ0) is 15.6. The number of amides is 2. The third-order valence-electron chi connectivity index (χ3n) is 3.17. The smallest absolute Gasteiger partial charge is 0.324 e. The summed E-state index contributed by atoms with van der Waals surface area (Å²) in [5, 5.41) is 2.76. The van der Waals surface area contributed by atoms with Crippen LogP contribution in [0, 0.1) is 5.41 Å². The van der Waals surface area contributed by atoms with Crippen molar-refractivity contribution in [3.8, 4) is 5.75 Å². The second-order valence-electron chi connectivity index (χ2n) is 5.96. The number of anilines is 1.